The van der Waals surface area contributed by atoms with Crippen LogP contribution in [0.15, 0.2) is 5.51 Å². The standard InChI is InChI=1S/C15H21N3O3S/c1-9(2)11-12(16-8-22-11)17-14(21)18-6-10-4-3-5-15(10,7-18)13(19)20/h8-10H,3-7H2,1-2H3,(H,17,21)(H,19,20)/t10-,15+/m0/s1. The fraction of sp³-hybridized carbons (Fsp3) is 0.667. The Bertz CT molecular complexity index is 601. The zero-order chi connectivity index (χ0) is 15.9. The van der Waals surface area contributed by atoms with Crippen LogP contribution in [-0.2, 0) is 4.79 Å². The van der Waals surface area contributed by atoms with Gasteiger partial charge in [-0.2, -0.15) is 0 Å². The number of rotatable bonds is 3. The van der Waals surface area contributed by atoms with Crippen molar-refractivity contribution in [2.24, 2.45) is 11.3 Å². The summed E-state index contributed by atoms with van der Waals surface area (Å²) in [4.78, 5) is 31.0. The van der Waals surface area contributed by atoms with Gasteiger partial charge < -0.3 is 10.0 Å². The number of thiazole rings is 1. The lowest BCUT2D eigenvalue weighted by molar-refractivity contribution is -0.149. The molecule has 2 amide bonds. The second-order valence-corrected chi connectivity index (χ2v) is 7.47. The number of carboxylic acids is 1. The number of fused-ring (bicyclic) bond motifs is 1. The molecule has 1 saturated carbocycles. The molecule has 0 bridgehead atoms. The molecule has 7 heteroatoms. The van der Waals surface area contributed by atoms with Crippen molar-refractivity contribution in [3.05, 3.63) is 10.4 Å². The van der Waals surface area contributed by atoms with Gasteiger partial charge >= 0.3 is 12.0 Å². The van der Waals surface area contributed by atoms with Crippen LogP contribution in [0.1, 0.15) is 43.9 Å². The molecular weight excluding hydrogens is 302 g/mol. The summed E-state index contributed by atoms with van der Waals surface area (Å²) in [5, 5.41) is 12.4. The first-order chi connectivity index (χ1) is 10.4. The van der Waals surface area contributed by atoms with Gasteiger partial charge in [-0.1, -0.05) is 20.3 Å². The Morgan fingerprint density at radius 2 is 2.32 bits per heavy atom. The molecule has 2 aliphatic rings. The highest BCUT2D eigenvalue weighted by molar-refractivity contribution is 7.10. The average Bonchev–Trinajstić information content (AvgIpc) is 3.10. The molecule has 3 rings (SSSR count). The van der Waals surface area contributed by atoms with E-state index in [0.717, 1.165) is 17.7 Å². The number of hydrogen-bond donors (Lipinski definition) is 2. The summed E-state index contributed by atoms with van der Waals surface area (Å²) in [6.07, 6.45) is 2.50. The van der Waals surface area contributed by atoms with E-state index in [2.05, 4.69) is 24.1 Å². The second kappa shape index (κ2) is 5.53. The molecule has 2 heterocycles. The number of urea groups is 1. The largest absolute Gasteiger partial charge is 0.481 e. The van der Waals surface area contributed by atoms with Crippen LogP contribution in [0.5, 0.6) is 0 Å². The van der Waals surface area contributed by atoms with Crippen molar-refractivity contribution in [2.45, 2.75) is 39.0 Å². The normalized spacial score (nSPS) is 27.2. The predicted octanol–water partition coefficient (Wildman–Crippen LogP) is 2.99. The number of anilines is 1. The van der Waals surface area contributed by atoms with Gasteiger partial charge in [0.25, 0.3) is 0 Å². The van der Waals surface area contributed by atoms with Crippen LogP contribution in [0.4, 0.5) is 10.6 Å². The molecule has 0 unspecified atom stereocenters. The number of nitrogens with zero attached hydrogens (tertiary/aromatic N) is 2. The zero-order valence-corrected chi connectivity index (χ0v) is 13.7. The Morgan fingerprint density at radius 3 is 2.95 bits per heavy atom. The molecule has 2 atom stereocenters. The average molecular weight is 323 g/mol. The van der Waals surface area contributed by atoms with Gasteiger partial charge in [0.2, 0.25) is 0 Å². The van der Waals surface area contributed by atoms with Crippen molar-refractivity contribution in [2.75, 3.05) is 18.4 Å². The first-order valence-electron chi connectivity index (χ1n) is 7.67. The van der Waals surface area contributed by atoms with Crippen molar-refractivity contribution in [1.29, 1.82) is 0 Å². The number of carbonyl (C=O) groups is 2. The Labute approximate surface area is 133 Å². The second-order valence-electron chi connectivity index (χ2n) is 6.58. The van der Waals surface area contributed by atoms with Gasteiger partial charge in [0, 0.05) is 13.1 Å². The molecule has 0 aromatic carbocycles. The number of carbonyl (C=O) groups excluding carboxylic acids is 1. The first kappa shape index (κ1) is 15.3. The minimum Gasteiger partial charge on any atom is -0.481 e. The molecule has 22 heavy (non-hydrogen) atoms. The number of amides is 2. The molecule has 1 aromatic rings. The number of likely N-dealkylation sites (tertiary alicyclic amines) is 1. The number of aromatic nitrogens is 1. The van der Waals surface area contributed by atoms with Crippen molar-refractivity contribution < 1.29 is 14.7 Å². The maximum atomic E-state index is 12.5. The molecular formula is C15H21N3O3S. The molecule has 2 N–H and O–H groups in total. The first-order valence-corrected chi connectivity index (χ1v) is 8.54. The van der Waals surface area contributed by atoms with E-state index in [1.165, 1.54) is 11.3 Å². The molecule has 1 aliphatic heterocycles. The number of nitrogens with one attached hydrogen (secondary N) is 1. The molecule has 1 aliphatic carbocycles. The summed E-state index contributed by atoms with van der Waals surface area (Å²) < 4.78 is 0. The van der Waals surface area contributed by atoms with Crippen LogP contribution in [-0.4, -0.2) is 40.1 Å². The third kappa shape index (κ3) is 2.37. The molecule has 120 valence electrons. The van der Waals surface area contributed by atoms with Gasteiger partial charge in [-0.25, -0.2) is 9.78 Å². The van der Waals surface area contributed by atoms with E-state index in [4.69, 9.17) is 0 Å². The van der Waals surface area contributed by atoms with E-state index in [1.807, 2.05) is 0 Å². The van der Waals surface area contributed by atoms with Crippen molar-refractivity contribution in [3.8, 4) is 0 Å². The maximum absolute atomic E-state index is 12.5. The van der Waals surface area contributed by atoms with E-state index in [9.17, 15) is 14.7 Å². The van der Waals surface area contributed by atoms with Crippen molar-refractivity contribution >= 4 is 29.2 Å². The number of carboxylic acid groups (broad SMARTS) is 1. The quantitative estimate of drug-likeness (QED) is 0.896. The van der Waals surface area contributed by atoms with E-state index in [-0.39, 0.29) is 11.9 Å². The predicted molar refractivity (Wildman–Crippen MR) is 84.2 cm³/mol. The molecule has 0 radical (unpaired) electrons. The van der Waals surface area contributed by atoms with Gasteiger partial charge in [0.1, 0.15) is 5.82 Å². The SMILES string of the molecule is CC(C)c1scnc1NC(=O)N1C[C@@H]2CCC[C@@]2(C(=O)O)C1. The lowest BCUT2D eigenvalue weighted by atomic mass is 9.81. The van der Waals surface area contributed by atoms with Crippen LogP contribution in [0, 0.1) is 11.3 Å². The minimum atomic E-state index is -0.762. The van der Waals surface area contributed by atoms with Crippen LogP contribution in [0.3, 0.4) is 0 Å². The van der Waals surface area contributed by atoms with Gasteiger partial charge in [-0.05, 0) is 24.7 Å². The Hall–Kier alpha value is -1.63. The monoisotopic (exact) mass is 323 g/mol. The third-order valence-electron chi connectivity index (χ3n) is 4.93. The fourth-order valence-electron chi connectivity index (χ4n) is 3.73. The molecule has 2 fully saturated rings. The number of hydrogen-bond acceptors (Lipinski definition) is 4. The Kier molecular flexibility index (Phi) is 3.84. The third-order valence-corrected chi connectivity index (χ3v) is 6.06. The lowest BCUT2D eigenvalue weighted by Crippen LogP contribution is -2.38. The van der Waals surface area contributed by atoms with Gasteiger partial charge in [0.15, 0.2) is 0 Å². The van der Waals surface area contributed by atoms with E-state index >= 15 is 0 Å². The lowest BCUT2D eigenvalue weighted by Gasteiger charge is -2.23. The van der Waals surface area contributed by atoms with Crippen LogP contribution in [0.2, 0.25) is 0 Å². The summed E-state index contributed by atoms with van der Waals surface area (Å²) in [7, 11) is 0. The highest BCUT2D eigenvalue weighted by Crippen LogP contribution is 2.49. The van der Waals surface area contributed by atoms with E-state index < -0.39 is 11.4 Å². The van der Waals surface area contributed by atoms with E-state index in [1.54, 1.807) is 10.4 Å². The molecule has 6 nitrogen and oxygen atoms in total. The fourth-order valence-corrected chi connectivity index (χ4v) is 4.49. The van der Waals surface area contributed by atoms with Crippen LogP contribution < -0.4 is 5.32 Å². The highest BCUT2D eigenvalue weighted by Gasteiger charge is 2.55. The van der Waals surface area contributed by atoms with Crippen LogP contribution >= 0.6 is 11.3 Å². The van der Waals surface area contributed by atoms with Crippen LogP contribution in [0.25, 0.3) is 0 Å². The number of aliphatic carboxylic acids is 1. The summed E-state index contributed by atoms with van der Waals surface area (Å²) >= 11 is 1.52. The minimum absolute atomic E-state index is 0.0794. The van der Waals surface area contributed by atoms with Crippen molar-refractivity contribution in [3.63, 3.8) is 0 Å². The Balaban J connectivity index is 1.72. The Morgan fingerprint density at radius 1 is 1.55 bits per heavy atom. The van der Waals surface area contributed by atoms with E-state index in [0.29, 0.717) is 31.2 Å². The smallest absolute Gasteiger partial charge is 0.323 e. The molecule has 1 saturated heterocycles. The molecule has 1 aromatic heterocycles. The van der Waals surface area contributed by atoms with Gasteiger partial charge in [-0.3, -0.25) is 10.1 Å². The summed E-state index contributed by atoms with van der Waals surface area (Å²) in [6.45, 7) is 4.95. The summed E-state index contributed by atoms with van der Waals surface area (Å²) in [5.74, 6) is 0.218. The summed E-state index contributed by atoms with van der Waals surface area (Å²) in [6, 6.07) is -0.233. The maximum Gasteiger partial charge on any atom is 0.323 e. The molecule has 0 spiro atoms. The van der Waals surface area contributed by atoms with Gasteiger partial charge in [-0.15, -0.1) is 11.3 Å². The van der Waals surface area contributed by atoms with Crippen molar-refractivity contribution in [1.82, 2.24) is 9.88 Å². The topological polar surface area (TPSA) is 82.5 Å². The highest BCUT2D eigenvalue weighted by atomic mass is 32.1. The zero-order valence-electron chi connectivity index (χ0n) is 12.8. The van der Waals surface area contributed by atoms with Gasteiger partial charge in [0.05, 0.1) is 15.8 Å². The summed E-state index contributed by atoms with van der Waals surface area (Å²) in [5.41, 5.74) is 0.989.